The van der Waals surface area contributed by atoms with Crippen LogP contribution >= 0.6 is 11.6 Å². The van der Waals surface area contributed by atoms with Crippen molar-refractivity contribution in [2.24, 2.45) is 0 Å². The van der Waals surface area contributed by atoms with Crippen molar-refractivity contribution in [1.29, 1.82) is 0 Å². The molecule has 1 aromatic heterocycles. The minimum atomic E-state index is -4.81. The summed E-state index contributed by atoms with van der Waals surface area (Å²) < 4.78 is 37.3. The van der Waals surface area contributed by atoms with Gasteiger partial charge in [0.25, 0.3) is 5.56 Å². The third kappa shape index (κ3) is 2.71. The molecule has 0 saturated carbocycles. The van der Waals surface area contributed by atoms with E-state index in [2.05, 4.69) is 5.10 Å². The van der Waals surface area contributed by atoms with Crippen LogP contribution in [-0.2, 0) is 6.54 Å². The van der Waals surface area contributed by atoms with Gasteiger partial charge in [-0.1, -0.05) is 23.7 Å². The van der Waals surface area contributed by atoms with Gasteiger partial charge in [-0.15, -0.1) is 0 Å². The van der Waals surface area contributed by atoms with E-state index in [1.807, 2.05) is 0 Å². The number of hydrogen-bond acceptors (Lipinski definition) is 3. The molecule has 4 nitrogen and oxygen atoms in total. The molecule has 0 aliphatic rings. The van der Waals surface area contributed by atoms with Gasteiger partial charge in [0.05, 0.1) is 23.2 Å². The van der Waals surface area contributed by atoms with Crippen LogP contribution in [0.2, 0.25) is 5.02 Å². The van der Waals surface area contributed by atoms with Gasteiger partial charge in [0, 0.05) is 5.39 Å². The fraction of sp³-hybridized carbons (Fsp3) is 0.273. The van der Waals surface area contributed by atoms with E-state index in [1.165, 1.54) is 12.3 Å². The van der Waals surface area contributed by atoms with Crippen LogP contribution in [0.4, 0.5) is 13.2 Å². The van der Waals surface area contributed by atoms with Crippen molar-refractivity contribution in [3.63, 3.8) is 0 Å². The summed E-state index contributed by atoms with van der Waals surface area (Å²) in [5.41, 5.74) is -0.772. The molecule has 1 heterocycles. The zero-order valence-corrected chi connectivity index (χ0v) is 10.1. The fourth-order valence-electron chi connectivity index (χ4n) is 1.58. The molecule has 0 amide bonds. The van der Waals surface area contributed by atoms with Crippen LogP contribution in [0.15, 0.2) is 29.2 Å². The molecule has 2 aromatic rings. The summed E-state index contributed by atoms with van der Waals surface area (Å²) in [7, 11) is 0. The van der Waals surface area contributed by atoms with Gasteiger partial charge < -0.3 is 5.11 Å². The number of fused-ring (bicyclic) bond motifs is 1. The van der Waals surface area contributed by atoms with Crippen LogP contribution in [0.3, 0.4) is 0 Å². The number of halogens is 4. The highest BCUT2D eigenvalue weighted by atomic mass is 35.5. The molecule has 102 valence electrons. The smallest absolute Gasteiger partial charge is 0.382 e. The van der Waals surface area contributed by atoms with E-state index >= 15 is 0 Å². The first-order valence-electron chi connectivity index (χ1n) is 5.20. The molecule has 19 heavy (non-hydrogen) atoms. The number of hydrogen-bond donors (Lipinski definition) is 1. The first-order valence-corrected chi connectivity index (χ1v) is 5.57. The minimum Gasteiger partial charge on any atom is -0.382 e. The topological polar surface area (TPSA) is 55.1 Å². The number of rotatable bonds is 2. The molecule has 1 aromatic carbocycles. The molecule has 0 bridgehead atoms. The van der Waals surface area contributed by atoms with E-state index in [9.17, 15) is 18.0 Å². The molecular formula is C11H8ClF3N2O2. The molecule has 0 aliphatic heterocycles. The number of benzene rings is 1. The highest BCUT2D eigenvalue weighted by Gasteiger charge is 2.38. The van der Waals surface area contributed by atoms with Gasteiger partial charge in [-0.2, -0.15) is 18.3 Å². The lowest BCUT2D eigenvalue weighted by Gasteiger charge is -2.15. The normalized spacial score (nSPS) is 13.7. The Labute approximate surface area is 110 Å². The maximum Gasteiger partial charge on any atom is 0.416 e. The van der Waals surface area contributed by atoms with Gasteiger partial charge in [0.2, 0.25) is 0 Å². The lowest BCUT2D eigenvalue weighted by atomic mass is 10.2. The maximum absolute atomic E-state index is 12.2. The molecule has 0 saturated heterocycles. The Morgan fingerprint density at radius 3 is 2.74 bits per heavy atom. The molecule has 8 heteroatoms. The Morgan fingerprint density at radius 2 is 2.11 bits per heavy atom. The first-order chi connectivity index (χ1) is 8.80. The summed E-state index contributed by atoms with van der Waals surface area (Å²) in [6.45, 7) is -0.969. The Morgan fingerprint density at radius 1 is 1.42 bits per heavy atom. The molecule has 2 rings (SSSR count). The zero-order valence-electron chi connectivity index (χ0n) is 9.36. The monoisotopic (exact) mass is 292 g/mol. The van der Waals surface area contributed by atoms with Crippen molar-refractivity contribution in [2.75, 3.05) is 0 Å². The molecule has 1 unspecified atom stereocenters. The summed E-state index contributed by atoms with van der Waals surface area (Å²) >= 11 is 5.83. The van der Waals surface area contributed by atoms with Gasteiger partial charge in [-0.05, 0) is 6.07 Å². The van der Waals surface area contributed by atoms with E-state index in [1.54, 1.807) is 12.1 Å². The van der Waals surface area contributed by atoms with Crippen molar-refractivity contribution in [3.05, 3.63) is 39.8 Å². The van der Waals surface area contributed by atoms with E-state index in [4.69, 9.17) is 16.7 Å². The van der Waals surface area contributed by atoms with Crippen LogP contribution in [0.1, 0.15) is 0 Å². The summed E-state index contributed by atoms with van der Waals surface area (Å²) in [5.74, 6) is 0. The van der Waals surface area contributed by atoms with Crippen molar-refractivity contribution in [2.45, 2.75) is 18.8 Å². The Balaban J connectivity index is 2.50. The second kappa shape index (κ2) is 4.82. The van der Waals surface area contributed by atoms with Crippen LogP contribution in [0.5, 0.6) is 0 Å². The van der Waals surface area contributed by atoms with Crippen molar-refractivity contribution in [1.82, 2.24) is 9.78 Å². The Bertz CT molecular complexity index is 669. The largest absolute Gasteiger partial charge is 0.416 e. The molecule has 0 spiro atoms. The second-order valence-electron chi connectivity index (χ2n) is 3.89. The predicted octanol–water partition coefficient (Wildman–Crippen LogP) is 1.97. The van der Waals surface area contributed by atoms with Gasteiger partial charge in [0.1, 0.15) is 0 Å². The summed E-state index contributed by atoms with van der Waals surface area (Å²) in [4.78, 5) is 11.9. The van der Waals surface area contributed by atoms with E-state index in [0.717, 1.165) is 0 Å². The van der Waals surface area contributed by atoms with Crippen molar-refractivity contribution >= 4 is 22.4 Å². The maximum atomic E-state index is 12.2. The van der Waals surface area contributed by atoms with Crippen LogP contribution in [0, 0.1) is 0 Å². The molecule has 1 N–H and O–H groups in total. The van der Waals surface area contributed by atoms with Gasteiger partial charge >= 0.3 is 6.18 Å². The lowest BCUT2D eigenvalue weighted by Crippen LogP contribution is -2.37. The number of nitrogens with zero attached hydrogens (tertiary/aromatic N) is 2. The molecule has 0 radical (unpaired) electrons. The predicted molar refractivity (Wildman–Crippen MR) is 63.1 cm³/mol. The number of alkyl halides is 3. The van der Waals surface area contributed by atoms with Gasteiger partial charge in [-0.3, -0.25) is 4.79 Å². The van der Waals surface area contributed by atoms with Gasteiger partial charge in [0.15, 0.2) is 6.10 Å². The summed E-state index contributed by atoms with van der Waals surface area (Å²) in [6.07, 6.45) is -6.24. The van der Waals surface area contributed by atoms with E-state index < -0.39 is 24.4 Å². The SMILES string of the molecule is O=c1c2c(Cl)cccc2cnn1CC(O)C(F)(F)F. The number of aliphatic hydroxyl groups is 1. The third-order valence-electron chi connectivity index (χ3n) is 2.55. The van der Waals surface area contributed by atoms with Crippen molar-refractivity contribution < 1.29 is 18.3 Å². The molecule has 0 fully saturated rings. The van der Waals surface area contributed by atoms with Gasteiger partial charge in [-0.25, -0.2) is 4.68 Å². The highest BCUT2D eigenvalue weighted by molar-refractivity contribution is 6.35. The molecule has 0 aliphatic carbocycles. The first kappa shape index (κ1) is 13.8. The van der Waals surface area contributed by atoms with Crippen LogP contribution < -0.4 is 5.56 Å². The van der Waals surface area contributed by atoms with Crippen molar-refractivity contribution in [3.8, 4) is 0 Å². The van der Waals surface area contributed by atoms with Crippen LogP contribution in [-0.4, -0.2) is 27.2 Å². The number of aromatic nitrogens is 2. The zero-order chi connectivity index (χ0) is 14.2. The average molecular weight is 293 g/mol. The van der Waals surface area contributed by atoms with E-state index in [-0.39, 0.29) is 10.4 Å². The minimum absolute atomic E-state index is 0.0774. The fourth-order valence-corrected chi connectivity index (χ4v) is 1.85. The third-order valence-corrected chi connectivity index (χ3v) is 2.87. The quantitative estimate of drug-likeness (QED) is 0.921. The van der Waals surface area contributed by atoms with E-state index in [0.29, 0.717) is 10.1 Å². The summed E-state index contributed by atoms with van der Waals surface area (Å²) in [6, 6.07) is 4.62. The average Bonchev–Trinajstić information content (AvgIpc) is 2.31. The number of aliphatic hydroxyl groups excluding tert-OH is 1. The Hall–Kier alpha value is -1.60. The Kier molecular flexibility index (Phi) is 3.51. The standard InChI is InChI=1S/C11H8ClF3N2O2/c12-7-3-1-2-6-4-16-17(10(19)9(6)7)5-8(18)11(13,14)15/h1-4,8,18H,5H2. The second-order valence-corrected chi connectivity index (χ2v) is 4.30. The summed E-state index contributed by atoms with van der Waals surface area (Å²) in [5, 5.41) is 13.2. The molecule has 1 atom stereocenters. The lowest BCUT2D eigenvalue weighted by molar-refractivity contribution is -0.208. The van der Waals surface area contributed by atoms with Crippen LogP contribution in [0.25, 0.3) is 10.8 Å². The molecular weight excluding hydrogens is 285 g/mol. The highest BCUT2D eigenvalue weighted by Crippen LogP contribution is 2.22.